The molecule has 25 heavy (non-hydrogen) atoms. The van der Waals surface area contributed by atoms with E-state index in [0.29, 0.717) is 19.1 Å². The van der Waals surface area contributed by atoms with Crippen molar-refractivity contribution >= 4 is 17.5 Å². The van der Waals surface area contributed by atoms with E-state index in [4.69, 9.17) is 0 Å². The smallest absolute Gasteiger partial charge is 0.322 e. The molecule has 7 nitrogen and oxygen atoms in total. The summed E-state index contributed by atoms with van der Waals surface area (Å²) in [5, 5.41) is 7.41. The Bertz CT molecular complexity index is 706. The number of nitrogens with one attached hydrogen (secondary N) is 1. The van der Waals surface area contributed by atoms with Crippen LogP contribution in [0.2, 0.25) is 0 Å². The summed E-state index contributed by atoms with van der Waals surface area (Å²) in [6.45, 7) is 9.19. The van der Waals surface area contributed by atoms with E-state index in [1.165, 1.54) is 0 Å². The largest absolute Gasteiger partial charge is 0.353 e. The second-order valence-electron chi connectivity index (χ2n) is 6.44. The highest BCUT2D eigenvalue weighted by molar-refractivity contribution is 5.90. The highest BCUT2D eigenvalue weighted by Gasteiger charge is 2.23. The second-order valence-corrected chi connectivity index (χ2v) is 6.44. The van der Waals surface area contributed by atoms with Crippen LogP contribution < -0.4 is 10.2 Å². The van der Waals surface area contributed by atoms with Crippen molar-refractivity contribution in [1.29, 1.82) is 0 Å². The lowest BCUT2D eigenvalue weighted by molar-refractivity contribution is 0.208. The Morgan fingerprint density at radius 2 is 2.04 bits per heavy atom. The summed E-state index contributed by atoms with van der Waals surface area (Å²) in [7, 11) is 0. The van der Waals surface area contributed by atoms with E-state index in [9.17, 15) is 4.79 Å². The summed E-state index contributed by atoms with van der Waals surface area (Å²) in [5.41, 5.74) is 1.78. The van der Waals surface area contributed by atoms with Crippen molar-refractivity contribution in [2.24, 2.45) is 0 Å². The number of hydrogen-bond acceptors (Lipinski definition) is 4. The third-order valence-electron chi connectivity index (χ3n) is 4.83. The average molecular weight is 342 g/mol. The molecule has 3 heterocycles. The maximum Gasteiger partial charge on any atom is 0.322 e. The third-order valence-corrected chi connectivity index (χ3v) is 4.83. The number of amides is 2. The van der Waals surface area contributed by atoms with Gasteiger partial charge in [-0.3, -0.25) is 4.68 Å². The van der Waals surface area contributed by atoms with Gasteiger partial charge in [0.1, 0.15) is 5.82 Å². The molecule has 1 aliphatic heterocycles. The van der Waals surface area contributed by atoms with Gasteiger partial charge in [0.05, 0.1) is 17.6 Å². The van der Waals surface area contributed by atoms with E-state index < -0.39 is 0 Å². The molecule has 1 fully saturated rings. The van der Waals surface area contributed by atoms with Crippen molar-refractivity contribution in [1.82, 2.24) is 19.7 Å². The lowest BCUT2D eigenvalue weighted by Crippen LogP contribution is -2.50. The molecule has 0 unspecified atom stereocenters. The molecule has 2 aromatic rings. The molecule has 3 rings (SSSR count). The number of nitrogens with zero attached hydrogens (tertiary/aromatic N) is 5. The van der Waals surface area contributed by atoms with Crippen LogP contribution in [-0.4, -0.2) is 51.9 Å². The zero-order valence-electron chi connectivity index (χ0n) is 15.1. The Kier molecular flexibility index (Phi) is 5.21. The van der Waals surface area contributed by atoms with Gasteiger partial charge in [-0.05, 0) is 32.4 Å². The molecule has 2 amide bonds. The van der Waals surface area contributed by atoms with Crippen LogP contribution in [0, 0.1) is 6.92 Å². The fourth-order valence-electron chi connectivity index (χ4n) is 3.04. The number of aromatic nitrogens is 3. The number of pyridine rings is 1. The van der Waals surface area contributed by atoms with Gasteiger partial charge < -0.3 is 15.1 Å². The number of urea groups is 1. The summed E-state index contributed by atoms with van der Waals surface area (Å²) in [6, 6.07) is 6.16. The van der Waals surface area contributed by atoms with Crippen LogP contribution in [0.15, 0.2) is 30.6 Å². The molecule has 0 aromatic carbocycles. The monoisotopic (exact) mass is 342 g/mol. The maximum atomic E-state index is 12.6. The highest BCUT2D eigenvalue weighted by atomic mass is 16.2. The lowest BCUT2D eigenvalue weighted by Gasteiger charge is -2.35. The van der Waals surface area contributed by atoms with Crippen LogP contribution in [0.5, 0.6) is 0 Å². The molecule has 0 bridgehead atoms. The molecular weight excluding hydrogens is 316 g/mol. The van der Waals surface area contributed by atoms with Crippen molar-refractivity contribution in [3.63, 3.8) is 0 Å². The van der Waals surface area contributed by atoms with Gasteiger partial charge in [-0.2, -0.15) is 5.10 Å². The molecule has 134 valence electrons. The summed E-state index contributed by atoms with van der Waals surface area (Å²) in [6.07, 6.45) is 4.54. The van der Waals surface area contributed by atoms with E-state index >= 15 is 0 Å². The van der Waals surface area contributed by atoms with Crippen LogP contribution in [-0.2, 0) is 0 Å². The fourth-order valence-corrected chi connectivity index (χ4v) is 3.04. The zero-order chi connectivity index (χ0) is 17.8. The molecule has 0 radical (unpaired) electrons. The minimum atomic E-state index is -0.0625. The quantitative estimate of drug-likeness (QED) is 0.928. The predicted molar refractivity (Wildman–Crippen MR) is 99.0 cm³/mol. The predicted octanol–water partition coefficient (Wildman–Crippen LogP) is 2.91. The standard InChI is InChI=1S/C18H26N6O/c1-4-14(2)24-15(3)16(13-20-24)21-18(25)23-11-9-22(10-12-23)17-7-5-6-8-19-17/h5-8,13-14H,4,9-12H2,1-3H3,(H,21,25)/t14-/m0/s1. The fraction of sp³-hybridized carbons (Fsp3) is 0.500. The number of carbonyl (C=O) groups excluding carboxylic acids is 1. The number of rotatable bonds is 4. The van der Waals surface area contributed by atoms with Gasteiger partial charge in [-0.1, -0.05) is 13.0 Å². The van der Waals surface area contributed by atoms with Crippen LogP contribution in [0.4, 0.5) is 16.3 Å². The molecule has 1 atom stereocenters. The lowest BCUT2D eigenvalue weighted by atomic mass is 10.2. The van der Waals surface area contributed by atoms with Gasteiger partial charge in [0, 0.05) is 38.4 Å². The number of anilines is 2. The minimum absolute atomic E-state index is 0.0625. The first-order chi connectivity index (χ1) is 12.1. The van der Waals surface area contributed by atoms with E-state index in [1.807, 2.05) is 34.7 Å². The molecule has 1 aliphatic rings. The maximum absolute atomic E-state index is 12.6. The van der Waals surface area contributed by atoms with Crippen LogP contribution in [0.1, 0.15) is 32.0 Å². The SMILES string of the molecule is CC[C@H](C)n1ncc(NC(=O)N2CCN(c3ccccn3)CC2)c1C. The number of piperazine rings is 1. The highest BCUT2D eigenvalue weighted by Crippen LogP contribution is 2.20. The van der Waals surface area contributed by atoms with Crippen LogP contribution in [0.25, 0.3) is 0 Å². The van der Waals surface area contributed by atoms with Crippen molar-refractivity contribution < 1.29 is 4.79 Å². The van der Waals surface area contributed by atoms with Gasteiger partial charge in [-0.25, -0.2) is 9.78 Å². The average Bonchev–Trinajstić information content (AvgIpc) is 3.02. The Hall–Kier alpha value is -2.57. The molecule has 0 spiro atoms. The molecule has 1 saturated heterocycles. The van der Waals surface area contributed by atoms with Crippen molar-refractivity contribution in [2.75, 3.05) is 36.4 Å². The van der Waals surface area contributed by atoms with E-state index in [-0.39, 0.29) is 6.03 Å². The second kappa shape index (κ2) is 7.55. The van der Waals surface area contributed by atoms with Crippen molar-refractivity contribution in [3.05, 3.63) is 36.3 Å². The van der Waals surface area contributed by atoms with Gasteiger partial charge in [0.2, 0.25) is 0 Å². The molecule has 0 saturated carbocycles. The molecule has 1 N–H and O–H groups in total. The summed E-state index contributed by atoms with van der Waals surface area (Å²) in [4.78, 5) is 21.0. The Balaban J connectivity index is 1.57. The summed E-state index contributed by atoms with van der Waals surface area (Å²) < 4.78 is 1.97. The Morgan fingerprint density at radius 3 is 2.68 bits per heavy atom. The number of hydrogen-bond donors (Lipinski definition) is 1. The van der Waals surface area contributed by atoms with Crippen molar-refractivity contribution in [2.45, 2.75) is 33.2 Å². The first-order valence-electron chi connectivity index (χ1n) is 8.86. The first-order valence-corrected chi connectivity index (χ1v) is 8.86. The third kappa shape index (κ3) is 3.75. The number of carbonyl (C=O) groups is 1. The summed E-state index contributed by atoms with van der Waals surface area (Å²) in [5.74, 6) is 0.966. The molecule has 7 heteroatoms. The van der Waals surface area contributed by atoms with Gasteiger partial charge in [0.25, 0.3) is 0 Å². The van der Waals surface area contributed by atoms with E-state index in [0.717, 1.165) is 36.7 Å². The zero-order valence-corrected chi connectivity index (χ0v) is 15.1. The normalized spacial score (nSPS) is 16.0. The Labute approximate surface area is 148 Å². The van der Waals surface area contributed by atoms with Crippen LogP contribution in [0.3, 0.4) is 0 Å². The summed E-state index contributed by atoms with van der Waals surface area (Å²) >= 11 is 0. The molecule has 0 aliphatic carbocycles. The van der Waals surface area contributed by atoms with Gasteiger partial charge in [0.15, 0.2) is 0 Å². The van der Waals surface area contributed by atoms with E-state index in [1.54, 1.807) is 12.4 Å². The van der Waals surface area contributed by atoms with Gasteiger partial charge >= 0.3 is 6.03 Å². The Morgan fingerprint density at radius 1 is 1.28 bits per heavy atom. The topological polar surface area (TPSA) is 66.3 Å². The minimum Gasteiger partial charge on any atom is -0.353 e. The van der Waals surface area contributed by atoms with Crippen molar-refractivity contribution in [3.8, 4) is 0 Å². The van der Waals surface area contributed by atoms with E-state index in [2.05, 4.69) is 34.1 Å². The first kappa shape index (κ1) is 17.3. The molecule has 2 aromatic heterocycles. The van der Waals surface area contributed by atoms with Crippen LogP contribution >= 0.6 is 0 Å². The van der Waals surface area contributed by atoms with Gasteiger partial charge in [-0.15, -0.1) is 0 Å². The molecular formula is C18H26N6O.